The van der Waals surface area contributed by atoms with Crippen molar-refractivity contribution in [3.8, 4) is 5.75 Å². The Morgan fingerprint density at radius 2 is 2.17 bits per heavy atom. The molecule has 1 aromatic heterocycles. The van der Waals surface area contributed by atoms with Gasteiger partial charge in [-0.25, -0.2) is 4.98 Å². The number of aryl methyl sites for hydroxylation is 1. The van der Waals surface area contributed by atoms with E-state index >= 15 is 0 Å². The summed E-state index contributed by atoms with van der Waals surface area (Å²) in [7, 11) is 0. The number of benzene rings is 1. The van der Waals surface area contributed by atoms with E-state index in [1.807, 2.05) is 0 Å². The van der Waals surface area contributed by atoms with Crippen LogP contribution in [0.2, 0.25) is 0 Å². The summed E-state index contributed by atoms with van der Waals surface area (Å²) >= 11 is 0.623. The summed E-state index contributed by atoms with van der Waals surface area (Å²) in [5, 5.41) is 12.4. The van der Waals surface area contributed by atoms with Gasteiger partial charge in [0.2, 0.25) is 0 Å². The molecule has 7 nitrogen and oxygen atoms in total. The summed E-state index contributed by atoms with van der Waals surface area (Å²) in [5.41, 5.74) is -0.987. The molecule has 0 radical (unpaired) electrons. The summed E-state index contributed by atoms with van der Waals surface area (Å²) < 4.78 is 44.0. The number of ether oxygens (including phenoxy) is 1. The lowest BCUT2D eigenvalue weighted by Crippen LogP contribution is -2.21. The van der Waals surface area contributed by atoms with E-state index in [1.54, 1.807) is 0 Å². The van der Waals surface area contributed by atoms with Crippen molar-refractivity contribution in [2.75, 3.05) is 11.9 Å². The molecule has 2 rings (SSSR count). The number of thiazole rings is 1. The number of nitrogens with zero attached hydrogens (tertiary/aromatic N) is 2. The van der Waals surface area contributed by atoms with Crippen LogP contribution in [-0.4, -0.2) is 22.4 Å². The summed E-state index contributed by atoms with van der Waals surface area (Å²) in [5.74, 6) is -1.25. The highest BCUT2D eigenvalue weighted by atomic mass is 32.1. The van der Waals surface area contributed by atoms with Crippen molar-refractivity contribution < 1.29 is 27.6 Å². The maximum Gasteiger partial charge on any atom is 0.420 e. The van der Waals surface area contributed by atoms with Crippen LogP contribution in [0, 0.1) is 17.0 Å². The van der Waals surface area contributed by atoms with E-state index in [2.05, 4.69) is 10.3 Å². The third-order valence-corrected chi connectivity index (χ3v) is 3.66. The van der Waals surface area contributed by atoms with Crippen LogP contribution < -0.4 is 10.1 Å². The first-order chi connectivity index (χ1) is 11.2. The van der Waals surface area contributed by atoms with Gasteiger partial charge in [0.1, 0.15) is 17.5 Å². The Labute approximate surface area is 137 Å². The Morgan fingerprint density at radius 1 is 1.46 bits per heavy atom. The van der Waals surface area contributed by atoms with Crippen molar-refractivity contribution >= 4 is 27.4 Å². The number of alkyl halides is 3. The lowest BCUT2D eigenvalue weighted by atomic mass is 10.1. The fraction of sp³-hybridized carbons (Fsp3) is 0.231. The molecule has 0 aliphatic carbocycles. The first-order valence-corrected chi connectivity index (χ1v) is 7.20. The van der Waals surface area contributed by atoms with Gasteiger partial charge in [0.05, 0.1) is 4.92 Å². The van der Waals surface area contributed by atoms with Gasteiger partial charge in [0, 0.05) is 0 Å². The first-order valence-electron chi connectivity index (χ1n) is 6.38. The molecule has 0 saturated carbocycles. The summed E-state index contributed by atoms with van der Waals surface area (Å²) in [6.45, 7) is 0.588. The van der Waals surface area contributed by atoms with Crippen LogP contribution in [0.15, 0.2) is 24.4 Å². The number of aromatic nitrogens is 1. The molecule has 128 valence electrons. The predicted octanol–water partition coefficient (Wildman–Crippen LogP) is 3.40. The van der Waals surface area contributed by atoms with E-state index in [0.717, 1.165) is 12.3 Å². The molecule has 0 bridgehead atoms. The number of rotatable bonds is 5. The van der Waals surface area contributed by atoms with E-state index in [1.165, 1.54) is 19.1 Å². The Bertz CT molecular complexity index is 776. The van der Waals surface area contributed by atoms with Crippen molar-refractivity contribution in [1.29, 1.82) is 0 Å². The molecular formula is C13H10F3N3O4S. The number of amides is 1. The van der Waals surface area contributed by atoms with Crippen LogP contribution in [-0.2, 0) is 11.0 Å². The van der Waals surface area contributed by atoms with Crippen LogP contribution >= 0.6 is 11.3 Å². The van der Waals surface area contributed by atoms with Gasteiger partial charge in [-0.15, -0.1) is 0 Å². The number of hydrogen-bond donors (Lipinski definition) is 1. The standard InChI is InChI=1S/C13H10F3N3O4S/c1-7-3-2-4-8(11(7)13(14,15)16)23-6-9(20)18-12-17-5-10(24-12)19(21)22/h2-5H,6H2,1H3,(H,17,18,20). The molecule has 0 atom stereocenters. The molecule has 0 spiro atoms. The van der Waals surface area contributed by atoms with Crippen LogP contribution in [0.3, 0.4) is 0 Å². The first kappa shape index (κ1) is 17.7. The van der Waals surface area contributed by atoms with Crippen LogP contribution in [0.5, 0.6) is 5.75 Å². The molecule has 1 N–H and O–H groups in total. The van der Waals surface area contributed by atoms with Gasteiger partial charge >= 0.3 is 11.2 Å². The van der Waals surface area contributed by atoms with Crippen molar-refractivity contribution in [3.63, 3.8) is 0 Å². The monoisotopic (exact) mass is 361 g/mol. The normalized spacial score (nSPS) is 11.2. The van der Waals surface area contributed by atoms with E-state index in [4.69, 9.17) is 4.74 Å². The van der Waals surface area contributed by atoms with Gasteiger partial charge in [-0.05, 0) is 29.9 Å². The third kappa shape index (κ3) is 4.19. The minimum atomic E-state index is -4.62. The Hall–Kier alpha value is -2.69. The van der Waals surface area contributed by atoms with Crippen molar-refractivity contribution in [3.05, 3.63) is 45.6 Å². The molecule has 0 fully saturated rings. The number of hydrogen-bond acceptors (Lipinski definition) is 6. The van der Waals surface area contributed by atoms with Crippen LogP contribution in [0.4, 0.5) is 23.3 Å². The average Bonchev–Trinajstić information content (AvgIpc) is 2.92. The fourth-order valence-electron chi connectivity index (χ4n) is 1.83. The topological polar surface area (TPSA) is 94.4 Å². The number of carbonyl (C=O) groups excluding carboxylic acids is 1. The molecule has 0 aliphatic rings. The zero-order chi connectivity index (χ0) is 17.9. The molecule has 0 aliphatic heterocycles. The van der Waals surface area contributed by atoms with E-state index < -0.39 is 34.9 Å². The number of anilines is 1. The van der Waals surface area contributed by atoms with Crippen molar-refractivity contribution in [2.45, 2.75) is 13.1 Å². The molecular weight excluding hydrogens is 351 g/mol. The van der Waals surface area contributed by atoms with Crippen molar-refractivity contribution in [2.24, 2.45) is 0 Å². The second kappa shape index (κ2) is 6.83. The highest BCUT2D eigenvalue weighted by Gasteiger charge is 2.36. The molecule has 1 heterocycles. The van der Waals surface area contributed by atoms with E-state index in [9.17, 15) is 28.1 Å². The number of nitrogens with one attached hydrogen (secondary N) is 1. The highest BCUT2D eigenvalue weighted by molar-refractivity contribution is 7.18. The quantitative estimate of drug-likeness (QED) is 0.651. The maximum absolute atomic E-state index is 13.0. The van der Waals surface area contributed by atoms with Gasteiger partial charge in [-0.3, -0.25) is 20.2 Å². The smallest absolute Gasteiger partial charge is 0.420 e. The summed E-state index contributed by atoms with van der Waals surface area (Å²) in [6, 6.07) is 3.77. The zero-order valence-electron chi connectivity index (χ0n) is 12.1. The third-order valence-electron chi connectivity index (χ3n) is 2.80. The lowest BCUT2D eigenvalue weighted by Gasteiger charge is -2.15. The predicted molar refractivity (Wildman–Crippen MR) is 79.1 cm³/mol. The molecule has 0 unspecified atom stereocenters. The maximum atomic E-state index is 13.0. The molecule has 24 heavy (non-hydrogen) atoms. The number of carbonyl (C=O) groups is 1. The Balaban J connectivity index is 2.04. The zero-order valence-corrected chi connectivity index (χ0v) is 12.9. The van der Waals surface area contributed by atoms with Gasteiger partial charge in [-0.2, -0.15) is 13.2 Å². The Kier molecular flexibility index (Phi) is 5.02. The van der Waals surface area contributed by atoms with Gasteiger partial charge < -0.3 is 4.74 Å². The molecule has 2 aromatic rings. The van der Waals surface area contributed by atoms with Gasteiger partial charge in [0.25, 0.3) is 5.91 Å². The second-order valence-corrected chi connectivity index (χ2v) is 5.55. The minimum absolute atomic E-state index is 0.0315. The summed E-state index contributed by atoms with van der Waals surface area (Å²) in [4.78, 5) is 25.1. The molecule has 0 saturated heterocycles. The fourth-order valence-corrected chi connectivity index (χ4v) is 2.48. The van der Waals surface area contributed by atoms with Crippen molar-refractivity contribution in [1.82, 2.24) is 4.98 Å². The van der Waals surface area contributed by atoms with E-state index in [-0.39, 0.29) is 15.7 Å². The minimum Gasteiger partial charge on any atom is -0.483 e. The molecule has 11 heteroatoms. The van der Waals surface area contributed by atoms with Crippen LogP contribution in [0.25, 0.3) is 0 Å². The molecule has 1 amide bonds. The molecule has 1 aromatic carbocycles. The second-order valence-electron chi connectivity index (χ2n) is 4.54. The highest BCUT2D eigenvalue weighted by Crippen LogP contribution is 2.38. The largest absolute Gasteiger partial charge is 0.483 e. The number of halogens is 3. The Morgan fingerprint density at radius 3 is 2.75 bits per heavy atom. The lowest BCUT2D eigenvalue weighted by molar-refractivity contribution is -0.380. The number of nitro groups is 1. The van der Waals surface area contributed by atoms with Gasteiger partial charge in [0.15, 0.2) is 11.7 Å². The average molecular weight is 361 g/mol. The van der Waals surface area contributed by atoms with E-state index in [0.29, 0.717) is 11.3 Å². The van der Waals surface area contributed by atoms with Gasteiger partial charge in [-0.1, -0.05) is 12.1 Å². The SMILES string of the molecule is Cc1cccc(OCC(=O)Nc2ncc([N+](=O)[O-])s2)c1C(F)(F)F. The summed E-state index contributed by atoms with van der Waals surface area (Å²) in [6.07, 6.45) is -3.66. The van der Waals surface area contributed by atoms with Crippen LogP contribution in [0.1, 0.15) is 11.1 Å².